The molecule has 0 amide bonds. The molecule has 0 aliphatic carbocycles. The van der Waals surface area contributed by atoms with E-state index in [0.717, 1.165) is 0 Å². The average Bonchev–Trinajstić information content (AvgIpc) is 2.40. The summed E-state index contributed by atoms with van der Waals surface area (Å²) in [7, 11) is 0. The molecule has 0 aromatic carbocycles. The molecule has 0 spiro atoms. The van der Waals surface area contributed by atoms with E-state index in [9.17, 15) is 4.79 Å². The minimum Gasteiger partial charge on any atom is -0.434 e. The normalized spacial score (nSPS) is 9.18. The van der Waals surface area contributed by atoms with Gasteiger partial charge in [0.05, 0.1) is 17.5 Å². The van der Waals surface area contributed by atoms with Crippen molar-refractivity contribution in [1.82, 2.24) is 4.98 Å². The lowest BCUT2D eigenvalue weighted by molar-refractivity contribution is 0.103. The van der Waals surface area contributed by atoms with Crippen molar-refractivity contribution >= 4 is 17.5 Å². The summed E-state index contributed by atoms with van der Waals surface area (Å²) in [6.07, 6.45) is -0.710. The number of nitrogens with zero attached hydrogens (tertiary/aromatic N) is 1. The van der Waals surface area contributed by atoms with Crippen molar-refractivity contribution in [2.45, 2.75) is 6.92 Å². The Hall–Kier alpha value is -1.10. The molecule has 0 aliphatic heterocycles. The number of hydrogen-bond donors (Lipinski definition) is 0. The van der Waals surface area contributed by atoms with Crippen molar-refractivity contribution in [3.05, 3.63) is 10.9 Å². The van der Waals surface area contributed by atoms with Gasteiger partial charge in [0, 0.05) is 0 Å². The first-order valence-electron chi connectivity index (χ1n) is 3.05. The maximum absolute atomic E-state index is 10.6. The van der Waals surface area contributed by atoms with Crippen LogP contribution in [0.25, 0.3) is 0 Å². The Morgan fingerprint density at radius 3 is 3.18 bits per heavy atom. The average molecular weight is 173 g/mol. The van der Waals surface area contributed by atoms with E-state index in [2.05, 4.69) is 14.5 Å². The molecule has 1 heterocycles. The standard InChI is InChI=1S/C6H7NO3S/c1-2-9-6(8)10-5-3-11-4-7-5/h3-4H,2H2,1H3. The molecule has 1 aromatic heterocycles. The van der Waals surface area contributed by atoms with Crippen LogP contribution in [0.5, 0.6) is 5.88 Å². The zero-order valence-corrected chi connectivity index (χ0v) is 6.76. The molecule has 0 aliphatic rings. The second-order valence-electron chi connectivity index (χ2n) is 1.61. The van der Waals surface area contributed by atoms with E-state index in [-0.39, 0.29) is 5.88 Å². The van der Waals surface area contributed by atoms with Crippen LogP contribution in [0.15, 0.2) is 10.9 Å². The van der Waals surface area contributed by atoms with Gasteiger partial charge in [0.25, 0.3) is 0 Å². The van der Waals surface area contributed by atoms with Gasteiger partial charge in [-0.3, -0.25) is 0 Å². The lowest BCUT2D eigenvalue weighted by atomic mass is 10.9. The molecule has 1 rings (SSSR count). The first-order chi connectivity index (χ1) is 5.33. The Morgan fingerprint density at radius 2 is 2.64 bits per heavy atom. The molecule has 0 atom stereocenters. The fraction of sp³-hybridized carbons (Fsp3) is 0.333. The van der Waals surface area contributed by atoms with E-state index in [4.69, 9.17) is 0 Å². The van der Waals surface area contributed by atoms with E-state index < -0.39 is 6.16 Å². The van der Waals surface area contributed by atoms with E-state index >= 15 is 0 Å². The van der Waals surface area contributed by atoms with Gasteiger partial charge >= 0.3 is 6.16 Å². The molecule has 0 fully saturated rings. The molecule has 0 saturated carbocycles. The molecular weight excluding hydrogens is 166 g/mol. The van der Waals surface area contributed by atoms with E-state index in [1.165, 1.54) is 11.3 Å². The molecule has 0 bridgehead atoms. The van der Waals surface area contributed by atoms with Crippen LogP contribution in [0.4, 0.5) is 4.79 Å². The minimum atomic E-state index is -0.710. The predicted octanol–water partition coefficient (Wildman–Crippen LogP) is 1.68. The number of ether oxygens (including phenoxy) is 2. The van der Waals surface area contributed by atoms with Crippen molar-refractivity contribution < 1.29 is 14.3 Å². The Bertz CT molecular complexity index is 222. The number of aromatic nitrogens is 1. The third-order valence-corrected chi connectivity index (χ3v) is 1.42. The van der Waals surface area contributed by atoms with Gasteiger partial charge in [0.15, 0.2) is 0 Å². The molecule has 0 unspecified atom stereocenters. The number of hydrogen-bond acceptors (Lipinski definition) is 5. The molecule has 5 heteroatoms. The van der Waals surface area contributed by atoms with Gasteiger partial charge < -0.3 is 9.47 Å². The summed E-state index contributed by atoms with van der Waals surface area (Å²) < 4.78 is 9.15. The quantitative estimate of drug-likeness (QED) is 0.638. The SMILES string of the molecule is CCOC(=O)Oc1cscn1. The van der Waals surface area contributed by atoms with Crippen LogP contribution in [0.3, 0.4) is 0 Å². The van der Waals surface area contributed by atoms with Gasteiger partial charge in [-0.05, 0) is 6.92 Å². The lowest BCUT2D eigenvalue weighted by Gasteiger charge is -1.98. The summed E-state index contributed by atoms with van der Waals surface area (Å²) in [4.78, 5) is 14.4. The van der Waals surface area contributed by atoms with Gasteiger partial charge in [-0.1, -0.05) is 0 Å². The van der Waals surface area contributed by atoms with Gasteiger partial charge in [0.2, 0.25) is 5.88 Å². The third kappa shape index (κ3) is 2.55. The summed E-state index contributed by atoms with van der Waals surface area (Å²) in [6, 6.07) is 0. The highest BCUT2D eigenvalue weighted by Gasteiger charge is 2.04. The van der Waals surface area contributed by atoms with Gasteiger partial charge in [-0.15, -0.1) is 11.3 Å². The van der Waals surface area contributed by atoms with Crippen LogP contribution < -0.4 is 4.74 Å². The largest absolute Gasteiger partial charge is 0.515 e. The van der Waals surface area contributed by atoms with Crippen molar-refractivity contribution in [3.63, 3.8) is 0 Å². The maximum atomic E-state index is 10.6. The minimum absolute atomic E-state index is 0.286. The maximum Gasteiger partial charge on any atom is 0.515 e. The fourth-order valence-corrected chi connectivity index (χ4v) is 0.936. The van der Waals surface area contributed by atoms with Gasteiger partial charge in [0.1, 0.15) is 0 Å². The first kappa shape index (κ1) is 8.00. The van der Waals surface area contributed by atoms with Gasteiger partial charge in [-0.2, -0.15) is 0 Å². The zero-order valence-electron chi connectivity index (χ0n) is 5.94. The molecule has 1 aromatic rings. The van der Waals surface area contributed by atoms with Crippen LogP contribution >= 0.6 is 11.3 Å². The highest BCUT2D eigenvalue weighted by Crippen LogP contribution is 2.09. The van der Waals surface area contributed by atoms with Crippen molar-refractivity contribution in [2.24, 2.45) is 0 Å². The number of carbonyl (C=O) groups excluding carboxylic acids is 1. The van der Waals surface area contributed by atoms with Crippen LogP contribution in [-0.4, -0.2) is 17.7 Å². The van der Waals surface area contributed by atoms with Crippen LogP contribution in [0.1, 0.15) is 6.92 Å². The summed E-state index contributed by atoms with van der Waals surface area (Å²) in [5.74, 6) is 0.286. The Balaban J connectivity index is 2.37. The second kappa shape index (κ2) is 3.92. The van der Waals surface area contributed by atoms with Crippen molar-refractivity contribution in [3.8, 4) is 5.88 Å². The fourth-order valence-electron chi connectivity index (χ4n) is 0.485. The summed E-state index contributed by atoms with van der Waals surface area (Å²) >= 11 is 1.36. The first-order valence-corrected chi connectivity index (χ1v) is 4.00. The van der Waals surface area contributed by atoms with Gasteiger partial charge in [-0.25, -0.2) is 9.78 Å². The molecular formula is C6H7NO3S. The zero-order chi connectivity index (χ0) is 8.10. The molecule has 0 N–H and O–H groups in total. The van der Waals surface area contributed by atoms with Crippen LogP contribution in [0, 0.1) is 0 Å². The van der Waals surface area contributed by atoms with E-state index in [1.807, 2.05) is 0 Å². The van der Waals surface area contributed by atoms with Crippen molar-refractivity contribution in [2.75, 3.05) is 6.61 Å². The monoisotopic (exact) mass is 173 g/mol. The molecule has 11 heavy (non-hydrogen) atoms. The second-order valence-corrected chi connectivity index (χ2v) is 2.33. The van der Waals surface area contributed by atoms with E-state index in [0.29, 0.717) is 6.61 Å². The van der Waals surface area contributed by atoms with Crippen LogP contribution in [0.2, 0.25) is 0 Å². The molecule has 0 radical (unpaired) electrons. The van der Waals surface area contributed by atoms with Crippen molar-refractivity contribution in [1.29, 1.82) is 0 Å². The molecule has 4 nitrogen and oxygen atoms in total. The Morgan fingerprint density at radius 1 is 1.82 bits per heavy atom. The topological polar surface area (TPSA) is 48.4 Å². The number of rotatable bonds is 2. The smallest absolute Gasteiger partial charge is 0.434 e. The Labute approximate surface area is 67.8 Å². The molecule has 0 saturated heterocycles. The lowest BCUT2D eigenvalue weighted by Crippen LogP contribution is -2.09. The summed E-state index contributed by atoms with van der Waals surface area (Å²) in [6.45, 7) is 2.02. The van der Waals surface area contributed by atoms with Crippen LogP contribution in [-0.2, 0) is 4.74 Å². The Kier molecular flexibility index (Phi) is 2.85. The number of thiazole rings is 1. The number of carbonyl (C=O) groups is 1. The molecule has 60 valence electrons. The predicted molar refractivity (Wildman–Crippen MR) is 39.8 cm³/mol. The highest BCUT2D eigenvalue weighted by atomic mass is 32.1. The third-order valence-electron chi connectivity index (χ3n) is 0.860. The highest BCUT2D eigenvalue weighted by molar-refractivity contribution is 7.07. The van der Waals surface area contributed by atoms with E-state index in [1.54, 1.807) is 17.8 Å². The summed E-state index contributed by atoms with van der Waals surface area (Å²) in [5, 5.41) is 1.62. The summed E-state index contributed by atoms with van der Waals surface area (Å²) in [5.41, 5.74) is 1.58.